The molecule has 1 aromatic rings. The summed E-state index contributed by atoms with van der Waals surface area (Å²) in [6.45, 7) is 2.37. The molecule has 1 rings (SSSR count). The summed E-state index contributed by atoms with van der Waals surface area (Å²) in [7, 11) is -3.29. The molecule has 0 saturated heterocycles. The molecule has 1 heterocycles. The number of hydrogen-bond donors (Lipinski definition) is 1. The lowest BCUT2D eigenvalue weighted by molar-refractivity contribution is -0.134. The number of nitrogens with one attached hydrogen (secondary N) is 1. The third kappa shape index (κ3) is 5.64. The third-order valence-electron chi connectivity index (χ3n) is 2.66. The molecule has 0 fully saturated rings. The maximum absolute atomic E-state index is 12.3. The number of aromatic nitrogens is 2. The zero-order chi connectivity index (χ0) is 16.1. The smallest absolute Gasteiger partial charge is 0.315 e. The van der Waals surface area contributed by atoms with Crippen LogP contribution in [0.2, 0.25) is 0 Å². The van der Waals surface area contributed by atoms with Gasteiger partial charge >= 0.3 is 6.18 Å². The number of sulfonamides is 1. The summed E-state index contributed by atoms with van der Waals surface area (Å²) in [6.07, 6.45) is -1.32. The lowest BCUT2D eigenvalue weighted by Gasteiger charge is -2.17. The van der Waals surface area contributed by atoms with E-state index in [1.807, 2.05) is 6.92 Å². The molecule has 0 radical (unpaired) electrons. The Morgan fingerprint density at radius 3 is 2.62 bits per heavy atom. The van der Waals surface area contributed by atoms with Gasteiger partial charge in [-0.2, -0.15) is 22.6 Å². The van der Waals surface area contributed by atoms with Gasteiger partial charge in [-0.15, -0.1) is 0 Å². The molecular formula is C11H19F3N4O2S. The van der Waals surface area contributed by atoms with Crippen LogP contribution in [0.15, 0.2) is 17.3 Å². The Labute approximate surface area is 122 Å². The molecular weight excluding hydrogens is 309 g/mol. The molecule has 0 aliphatic carbocycles. The van der Waals surface area contributed by atoms with Crippen LogP contribution in [0.3, 0.4) is 0 Å². The van der Waals surface area contributed by atoms with E-state index in [1.165, 1.54) is 10.9 Å². The van der Waals surface area contributed by atoms with Crippen molar-refractivity contribution in [3.8, 4) is 0 Å². The molecule has 0 amide bonds. The van der Waals surface area contributed by atoms with Crippen molar-refractivity contribution < 1.29 is 21.6 Å². The molecule has 1 aromatic heterocycles. The maximum Gasteiger partial charge on any atom is 0.402 e. The van der Waals surface area contributed by atoms with Crippen molar-refractivity contribution in [2.24, 2.45) is 0 Å². The topological polar surface area (TPSA) is 67.2 Å². The zero-order valence-electron chi connectivity index (χ0n) is 11.9. The van der Waals surface area contributed by atoms with Crippen molar-refractivity contribution >= 4 is 10.0 Å². The van der Waals surface area contributed by atoms with Crippen LogP contribution in [0.4, 0.5) is 13.2 Å². The van der Waals surface area contributed by atoms with Crippen LogP contribution in [0.5, 0.6) is 0 Å². The second-order valence-corrected chi connectivity index (χ2v) is 6.61. The second kappa shape index (κ2) is 7.23. The van der Waals surface area contributed by atoms with E-state index in [0.717, 1.165) is 26.2 Å². The first-order valence-electron chi connectivity index (χ1n) is 6.43. The fourth-order valence-electron chi connectivity index (χ4n) is 1.61. The Hall–Kier alpha value is -1.13. The average molecular weight is 328 g/mol. The molecule has 0 saturated carbocycles. The van der Waals surface area contributed by atoms with Crippen LogP contribution < -0.4 is 5.32 Å². The molecule has 0 unspecified atom stereocenters. The van der Waals surface area contributed by atoms with E-state index >= 15 is 0 Å². The van der Waals surface area contributed by atoms with E-state index in [4.69, 9.17) is 0 Å². The van der Waals surface area contributed by atoms with E-state index in [1.54, 1.807) is 0 Å². The first kappa shape index (κ1) is 17.9. The highest BCUT2D eigenvalue weighted by Gasteiger charge is 2.35. The number of alkyl halides is 3. The lowest BCUT2D eigenvalue weighted by Crippen LogP contribution is -2.35. The Balaban J connectivity index is 2.70. The van der Waals surface area contributed by atoms with Crippen LogP contribution in [0.25, 0.3) is 0 Å². The van der Waals surface area contributed by atoms with Gasteiger partial charge in [0.2, 0.25) is 10.0 Å². The van der Waals surface area contributed by atoms with Crippen molar-refractivity contribution in [3.05, 3.63) is 12.4 Å². The molecule has 6 nitrogen and oxygen atoms in total. The minimum atomic E-state index is -4.58. The van der Waals surface area contributed by atoms with E-state index < -0.39 is 22.7 Å². The molecule has 10 heteroatoms. The van der Waals surface area contributed by atoms with E-state index in [-0.39, 0.29) is 9.20 Å². The van der Waals surface area contributed by atoms with Gasteiger partial charge < -0.3 is 5.32 Å². The van der Waals surface area contributed by atoms with Gasteiger partial charge in [-0.1, -0.05) is 6.92 Å². The fourth-order valence-corrected chi connectivity index (χ4v) is 2.72. The van der Waals surface area contributed by atoms with Gasteiger partial charge in [0.1, 0.15) is 11.4 Å². The molecule has 0 aliphatic heterocycles. The summed E-state index contributed by atoms with van der Waals surface area (Å²) in [5, 5.41) is 6.96. The Bertz CT molecular complexity index is 542. The molecule has 0 aliphatic rings. The van der Waals surface area contributed by atoms with Crippen molar-refractivity contribution in [2.75, 3.05) is 26.7 Å². The predicted molar refractivity (Wildman–Crippen MR) is 71.3 cm³/mol. The highest BCUT2D eigenvalue weighted by molar-refractivity contribution is 7.89. The van der Waals surface area contributed by atoms with Gasteiger partial charge in [-0.25, -0.2) is 8.42 Å². The summed E-state index contributed by atoms with van der Waals surface area (Å²) in [5.41, 5.74) is 0. The van der Waals surface area contributed by atoms with Gasteiger partial charge in [-0.3, -0.25) is 4.68 Å². The standard InChI is InChI=1S/C11H19F3N4O2S/c1-3-4-15-5-6-18-8-10(7-16-18)21(19,20)17(2)9-11(12,13)14/h7-8,15H,3-6,9H2,1-2H3. The fraction of sp³-hybridized carbons (Fsp3) is 0.727. The highest BCUT2D eigenvalue weighted by atomic mass is 32.2. The average Bonchev–Trinajstić information content (AvgIpc) is 2.82. The number of rotatable bonds is 8. The lowest BCUT2D eigenvalue weighted by atomic mass is 10.5. The molecule has 21 heavy (non-hydrogen) atoms. The molecule has 1 N–H and O–H groups in total. The predicted octanol–water partition coefficient (Wildman–Crippen LogP) is 1.07. The maximum atomic E-state index is 12.3. The van der Waals surface area contributed by atoms with E-state index in [0.29, 0.717) is 13.1 Å². The largest absolute Gasteiger partial charge is 0.402 e. The quantitative estimate of drug-likeness (QED) is 0.725. The monoisotopic (exact) mass is 328 g/mol. The summed E-state index contributed by atoms with van der Waals surface area (Å²) in [6, 6.07) is 0. The molecule has 0 bridgehead atoms. The Morgan fingerprint density at radius 1 is 1.38 bits per heavy atom. The van der Waals surface area contributed by atoms with E-state index in [2.05, 4.69) is 10.4 Å². The Morgan fingerprint density at radius 2 is 2.05 bits per heavy atom. The van der Waals surface area contributed by atoms with Gasteiger partial charge in [0, 0.05) is 19.8 Å². The highest BCUT2D eigenvalue weighted by Crippen LogP contribution is 2.20. The molecule has 0 spiro atoms. The van der Waals surface area contributed by atoms with Crippen LogP contribution >= 0.6 is 0 Å². The molecule has 0 aromatic carbocycles. The van der Waals surface area contributed by atoms with Crippen molar-refractivity contribution in [1.29, 1.82) is 0 Å². The van der Waals surface area contributed by atoms with Gasteiger partial charge in [-0.05, 0) is 13.0 Å². The summed E-state index contributed by atoms with van der Waals surface area (Å²) in [5.74, 6) is 0. The van der Waals surface area contributed by atoms with Gasteiger partial charge in [0.05, 0.1) is 12.7 Å². The Kier molecular flexibility index (Phi) is 6.17. The van der Waals surface area contributed by atoms with Crippen molar-refractivity contribution in [2.45, 2.75) is 31.0 Å². The number of nitrogens with zero attached hydrogens (tertiary/aromatic N) is 3. The van der Waals surface area contributed by atoms with Gasteiger partial charge in [0.25, 0.3) is 0 Å². The second-order valence-electron chi connectivity index (χ2n) is 4.57. The summed E-state index contributed by atoms with van der Waals surface area (Å²) in [4.78, 5) is -0.246. The minimum Gasteiger partial charge on any atom is -0.315 e. The zero-order valence-corrected chi connectivity index (χ0v) is 12.7. The first-order chi connectivity index (χ1) is 9.66. The van der Waals surface area contributed by atoms with Crippen molar-refractivity contribution in [1.82, 2.24) is 19.4 Å². The van der Waals surface area contributed by atoms with Crippen LogP contribution in [-0.2, 0) is 16.6 Å². The summed E-state index contributed by atoms with van der Waals surface area (Å²) >= 11 is 0. The number of hydrogen-bond acceptors (Lipinski definition) is 4. The third-order valence-corrected chi connectivity index (χ3v) is 4.42. The van der Waals surface area contributed by atoms with Crippen LogP contribution in [0, 0.1) is 0 Å². The van der Waals surface area contributed by atoms with Crippen LogP contribution in [-0.4, -0.2) is 55.4 Å². The normalized spacial score (nSPS) is 13.0. The van der Waals surface area contributed by atoms with E-state index in [9.17, 15) is 21.6 Å². The molecule has 122 valence electrons. The SMILES string of the molecule is CCCNCCn1cc(S(=O)(=O)N(C)CC(F)(F)F)cn1. The minimum absolute atomic E-state index is 0.246. The summed E-state index contributed by atoms with van der Waals surface area (Å²) < 4.78 is 62.4. The van der Waals surface area contributed by atoms with Crippen LogP contribution in [0.1, 0.15) is 13.3 Å². The molecule has 0 atom stereocenters. The number of halogens is 3. The van der Waals surface area contributed by atoms with Gasteiger partial charge in [0.15, 0.2) is 0 Å². The first-order valence-corrected chi connectivity index (χ1v) is 7.87. The van der Waals surface area contributed by atoms with Crippen molar-refractivity contribution in [3.63, 3.8) is 0 Å².